The fourth-order valence-electron chi connectivity index (χ4n) is 3.44. The molecular formula is C26H29N3O2. The van der Waals surface area contributed by atoms with Gasteiger partial charge in [-0.05, 0) is 30.2 Å². The molecule has 0 bridgehead atoms. The van der Waals surface area contributed by atoms with Crippen molar-refractivity contribution in [2.24, 2.45) is 0 Å². The quantitative estimate of drug-likeness (QED) is 0.530. The van der Waals surface area contributed by atoms with Crippen molar-refractivity contribution in [1.29, 1.82) is 0 Å². The number of ether oxygens (including phenoxy) is 1. The van der Waals surface area contributed by atoms with Gasteiger partial charge in [0, 0.05) is 31.1 Å². The summed E-state index contributed by atoms with van der Waals surface area (Å²) in [4.78, 5) is 18.2. The first-order valence-corrected chi connectivity index (χ1v) is 10.5. The van der Waals surface area contributed by atoms with Crippen LogP contribution in [-0.2, 0) is 4.74 Å². The highest BCUT2D eigenvalue weighted by molar-refractivity contribution is 5.69. The van der Waals surface area contributed by atoms with Gasteiger partial charge in [0.05, 0.1) is 6.04 Å². The van der Waals surface area contributed by atoms with E-state index in [1.165, 1.54) is 0 Å². The van der Waals surface area contributed by atoms with Crippen molar-refractivity contribution in [3.05, 3.63) is 97.2 Å². The maximum absolute atomic E-state index is 12.3. The number of hydrogen-bond donors (Lipinski definition) is 1. The molecule has 2 N–H and O–H groups in total. The van der Waals surface area contributed by atoms with E-state index < -0.39 is 0 Å². The van der Waals surface area contributed by atoms with Crippen LogP contribution in [0.4, 0.5) is 10.6 Å². The summed E-state index contributed by atoms with van der Waals surface area (Å²) in [5.41, 5.74) is 8.78. The van der Waals surface area contributed by atoms with Crippen LogP contribution in [0.3, 0.4) is 0 Å². The Morgan fingerprint density at radius 3 is 2.23 bits per heavy atom. The Hall–Kier alpha value is -3.60. The summed E-state index contributed by atoms with van der Waals surface area (Å²) < 4.78 is 5.48. The van der Waals surface area contributed by atoms with E-state index in [1.807, 2.05) is 73.7 Å². The van der Waals surface area contributed by atoms with Crippen molar-refractivity contribution >= 4 is 11.9 Å². The van der Waals surface area contributed by atoms with Gasteiger partial charge in [-0.2, -0.15) is 0 Å². The summed E-state index contributed by atoms with van der Waals surface area (Å²) >= 11 is 0. The van der Waals surface area contributed by atoms with E-state index in [9.17, 15) is 4.79 Å². The molecule has 1 amide bonds. The third-order valence-electron chi connectivity index (χ3n) is 5.27. The Labute approximate surface area is 184 Å². The predicted molar refractivity (Wildman–Crippen MR) is 125 cm³/mol. The lowest BCUT2D eigenvalue weighted by atomic mass is 10.0. The van der Waals surface area contributed by atoms with Gasteiger partial charge in [-0.3, -0.25) is 0 Å². The first-order valence-electron chi connectivity index (χ1n) is 10.5. The summed E-state index contributed by atoms with van der Waals surface area (Å²) in [5, 5.41) is 0. The Balaban J connectivity index is 0.000000391. The first kappa shape index (κ1) is 22.1. The van der Waals surface area contributed by atoms with Crippen LogP contribution in [0.15, 0.2) is 91.6 Å². The number of nitrogens with two attached hydrogens (primary N) is 1. The molecule has 0 spiro atoms. The van der Waals surface area contributed by atoms with Crippen molar-refractivity contribution in [1.82, 2.24) is 9.88 Å². The number of nitrogen functional groups attached to an aromatic ring is 1. The number of amides is 1. The van der Waals surface area contributed by atoms with Gasteiger partial charge in [0.25, 0.3) is 0 Å². The zero-order valence-corrected chi connectivity index (χ0v) is 17.9. The van der Waals surface area contributed by atoms with Crippen LogP contribution in [-0.4, -0.2) is 28.6 Å². The number of cyclic esters (lactones) is 1. The second kappa shape index (κ2) is 11.0. The molecule has 1 aliphatic rings. The minimum atomic E-state index is -0.252. The third-order valence-corrected chi connectivity index (χ3v) is 5.27. The van der Waals surface area contributed by atoms with E-state index in [0.717, 1.165) is 23.1 Å². The number of nitrogens with zero attached hydrogens (tertiary/aromatic N) is 2. The van der Waals surface area contributed by atoms with E-state index in [1.54, 1.807) is 23.2 Å². The lowest BCUT2D eigenvalue weighted by Crippen LogP contribution is -2.43. The summed E-state index contributed by atoms with van der Waals surface area (Å²) in [7, 11) is 0. The molecule has 2 atom stereocenters. The molecule has 31 heavy (non-hydrogen) atoms. The van der Waals surface area contributed by atoms with Gasteiger partial charge in [-0.15, -0.1) is 6.58 Å². The van der Waals surface area contributed by atoms with Gasteiger partial charge < -0.3 is 15.4 Å². The Morgan fingerprint density at radius 2 is 1.71 bits per heavy atom. The number of carbonyl (C=O) groups is 1. The maximum atomic E-state index is 12.3. The molecular weight excluding hydrogens is 386 g/mol. The number of hydrogen-bond acceptors (Lipinski definition) is 4. The molecule has 2 heterocycles. The minimum Gasteiger partial charge on any atom is -0.446 e. The average Bonchev–Trinajstić information content (AvgIpc) is 2.81. The van der Waals surface area contributed by atoms with Gasteiger partial charge in [0.1, 0.15) is 11.9 Å². The lowest BCUT2D eigenvalue weighted by molar-refractivity contribution is 0.0146. The molecule has 1 saturated heterocycles. The second-order valence-corrected chi connectivity index (χ2v) is 7.44. The number of pyridine rings is 1. The molecule has 4 rings (SSSR count). The van der Waals surface area contributed by atoms with Crippen molar-refractivity contribution in [3.8, 4) is 11.1 Å². The summed E-state index contributed by atoms with van der Waals surface area (Å²) in [6.07, 6.45) is 4.79. The average molecular weight is 416 g/mol. The highest BCUT2D eigenvalue weighted by Crippen LogP contribution is 2.28. The molecule has 3 aromatic rings. The normalized spacial score (nSPS) is 16.5. The number of aromatic nitrogens is 1. The van der Waals surface area contributed by atoms with Gasteiger partial charge in [-0.25, -0.2) is 9.78 Å². The van der Waals surface area contributed by atoms with Crippen LogP contribution >= 0.6 is 0 Å². The maximum Gasteiger partial charge on any atom is 0.410 e. The van der Waals surface area contributed by atoms with E-state index in [-0.39, 0.29) is 18.2 Å². The number of anilines is 1. The van der Waals surface area contributed by atoms with Crippen LogP contribution in [0.5, 0.6) is 0 Å². The first-order chi connectivity index (χ1) is 15.1. The zero-order valence-electron chi connectivity index (χ0n) is 17.9. The van der Waals surface area contributed by atoms with Gasteiger partial charge >= 0.3 is 6.09 Å². The summed E-state index contributed by atoms with van der Waals surface area (Å²) in [5.74, 6) is 0.507. The topological polar surface area (TPSA) is 68.5 Å². The molecule has 0 aliphatic carbocycles. The second-order valence-electron chi connectivity index (χ2n) is 7.44. The van der Waals surface area contributed by atoms with Crippen molar-refractivity contribution in [2.75, 3.05) is 12.3 Å². The summed E-state index contributed by atoms with van der Waals surface area (Å²) in [6, 6.07) is 23.9. The highest BCUT2D eigenvalue weighted by Gasteiger charge is 2.30. The zero-order chi connectivity index (χ0) is 22.1. The lowest BCUT2D eigenvalue weighted by Gasteiger charge is -2.35. The van der Waals surface area contributed by atoms with E-state index in [4.69, 9.17) is 10.5 Å². The standard InChI is InChI=1S/C20H23N3O2.C6H6/c1-3-4-18-11-12-23(20(24)25-18)14(2)15-5-7-16(8-6-15)17-9-10-19(21)22-13-17;1-2-4-6-5-3-1/h3,5-10,13-14,18H,1,4,11-12H2,2H3,(H2,21,22);1-6H. The number of carbonyl (C=O) groups excluding carboxylic acids is 1. The molecule has 5 heteroatoms. The molecule has 1 aromatic heterocycles. The smallest absolute Gasteiger partial charge is 0.410 e. The van der Waals surface area contributed by atoms with Crippen molar-refractivity contribution in [3.63, 3.8) is 0 Å². The van der Waals surface area contributed by atoms with Gasteiger partial charge in [-0.1, -0.05) is 66.7 Å². The minimum absolute atomic E-state index is 0.0317. The van der Waals surface area contributed by atoms with E-state index in [2.05, 4.69) is 11.6 Å². The SMILES string of the molecule is C=CCC1CCN(C(C)c2ccc(-c3ccc(N)nc3)cc2)C(=O)O1.c1ccccc1. The predicted octanol–water partition coefficient (Wildman–Crippen LogP) is 5.87. The van der Waals surface area contributed by atoms with E-state index in [0.29, 0.717) is 18.8 Å². The molecule has 0 radical (unpaired) electrons. The molecule has 0 saturated carbocycles. The largest absolute Gasteiger partial charge is 0.446 e. The molecule has 2 unspecified atom stereocenters. The van der Waals surface area contributed by atoms with Gasteiger partial charge in [0.2, 0.25) is 0 Å². The van der Waals surface area contributed by atoms with Crippen LogP contribution in [0.25, 0.3) is 11.1 Å². The molecule has 1 aliphatic heterocycles. The third kappa shape index (κ3) is 6.19. The van der Waals surface area contributed by atoms with E-state index >= 15 is 0 Å². The van der Waals surface area contributed by atoms with Crippen molar-refractivity contribution in [2.45, 2.75) is 31.9 Å². The number of benzene rings is 2. The van der Waals surface area contributed by atoms with Crippen LogP contribution in [0, 0.1) is 0 Å². The molecule has 2 aromatic carbocycles. The fraction of sp³-hybridized carbons (Fsp3) is 0.231. The Morgan fingerprint density at radius 1 is 1.10 bits per heavy atom. The fourth-order valence-corrected chi connectivity index (χ4v) is 3.44. The summed E-state index contributed by atoms with van der Waals surface area (Å²) in [6.45, 7) is 6.42. The van der Waals surface area contributed by atoms with Crippen molar-refractivity contribution < 1.29 is 9.53 Å². The Bertz CT molecular complexity index is 929. The van der Waals surface area contributed by atoms with Crippen LogP contribution in [0.1, 0.15) is 31.4 Å². The molecule has 1 fully saturated rings. The van der Waals surface area contributed by atoms with Crippen LogP contribution < -0.4 is 5.73 Å². The Kier molecular flexibility index (Phi) is 7.82. The number of rotatable bonds is 5. The highest BCUT2D eigenvalue weighted by atomic mass is 16.6. The van der Waals surface area contributed by atoms with Crippen LogP contribution in [0.2, 0.25) is 0 Å². The van der Waals surface area contributed by atoms with Gasteiger partial charge in [0.15, 0.2) is 0 Å². The molecule has 160 valence electrons. The molecule has 5 nitrogen and oxygen atoms in total. The monoisotopic (exact) mass is 415 g/mol.